The van der Waals surface area contributed by atoms with Gasteiger partial charge in [0.2, 0.25) is 0 Å². The molecular weight excluding hydrogens is 428 g/mol. The van der Waals surface area contributed by atoms with Crippen LogP contribution in [0.25, 0.3) is 10.9 Å². The Morgan fingerprint density at radius 2 is 1.58 bits per heavy atom. The maximum atomic E-state index is 12.5. The Morgan fingerprint density at radius 1 is 0.909 bits per heavy atom. The molecule has 170 valence electrons. The maximum absolute atomic E-state index is 12.5. The molecule has 1 N–H and O–H groups in total. The lowest BCUT2D eigenvalue weighted by atomic mass is 9.71. The summed E-state index contributed by atoms with van der Waals surface area (Å²) in [4.78, 5) is 6.72. The molecule has 2 atom stereocenters. The van der Waals surface area contributed by atoms with Gasteiger partial charge in [0.1, 0.15) is 10.8 Å². The second kappa shape index (κ2) is 10.0. The summed E-state index contributed by atoms with van der Waals surface area (Å²) in [5, 5.41) is 14.1. The van der Waals surface area contributed by atoms with Crippen molar-refractivity contribution in [2.24, 2.45) is 0 Å². The summed E-state index contributed by atoms with van der Waals surface area (Å²) in [5.74, 6) is -0.244. The van der Waals surface area contributed by atoms with Gasteiger partial charge in [-0.2, -0.15) is 0 Å². The Labute approximate surface area is 201 Å². The zero-order valence-electron chi connectivity index (χ0n) is 19.5. The van der Waals surface area contributed by atoms with Gasteiger partial charge in [0.15, 0.2) is 0 Å². The second-order valence-corrected chi connectivity index (χ2v) is 9.29. The Balaban J connectivity index is 1.93. The lowest BCUT2D eigenvalue weighted by molar-refractivity contribution is 0.00451. The molecule has 1 heterocycles. The number of aliphatic hydroxyl groups is 1. The fourth-order valence-corrected chi connectivity index (χ4v) is 4.89. The van der Waals surface area contributed by atoms with Crippen LogP contribution in [0.4, 0.5) is 0 Å². The zero-order valence-corrected chi connectivity index (χ0v) is 20.3. The molecule has 0 saturated carbocycles. The summed E-state index contributed by atoms with van der Waals surface area (Å²) in [6.07, 6.45) is 1.42. The molecule has 0 unspecified atom stereocenters. The van der Waals surface area contributed by atoms with Crippen LogP contribution < -0.4 is 0 Å². The van der Waals surface area contributed by atoms with Crippen molar-refractivity contribution in [1.82, 2.24) is 9.88 Å². The van der Waals surface area contributed by atoms with E-state index in [1.807, 2.05) is 68.7 Å². The molecule has 0 aliphatic rings. The number of fused-ring (bicyclic) bond motifs is 1. The third kappa shape index (κ3) is 4.96. The van der Waals surface area contributed by atoms with Gasteiger partial charge in [-0.3, -0.25) is 0 Å². The molecule has 3 nitrogen and oxygen atoms in total. The Morgan fingerprint density at radius 3 is 2.21 bits per heavy atom. The molecule has 0 fully saturated rings. The van der Waals surface area contributed by atoms with Crippen LogP contribution >= 0.6 is 11.6 Å². The maximum Gasteiger partial charge on any atom is 0.132 e. The number of hydrogen-bond donors (Lipinski definition) is 1. The number of pyridine rings is 1. The molecule has 4 heteroatoms. The number of rotatable bonds is 8. The molecule has 4 aromatic rings. The number of benzene rings is 3. The van der Waals surface area contributed by atoms with E-state index in [9.17, 15) is 5.11 Å². The molecule has 0 radical (unpaired) electrons. The first kappa shape index (κ1) is 23.4. The molecule has 4 rings (SSSR count). The van der Waals surface area contributed by atoms with Crippen LogP contribution in [-0.4, -0.2) is 35.6 Å². The fourth-order valence-electron chi connectivity index (χ4n) is 4.61. The predicted octanol–water partition coefficient (Wildman–Crippen LogP) is 6.42. The number of aryl methyl sites for hydroxylation is 1. The highest BCUT2D eigenvalue weighted by Gasteiger charge is 2.40. The topological polar surface area (TPSA) is 36.4 Å². The van der Waals surface area contributed by atoms with E-state index >= 15 is 0 Å². The normalized spacial score (nSPS) is 14.4. The second-order valence-electron chi connectivity index (χ2n) is 8.93. The molecule has 1 aromatic heterocycles. The largest absolute Gasteiger partial charge is 0.384 e. The predicted molar refractivity (Wildman–Crippen MR) is 138 cm³/mol. The van der Waals surface area contributed by atoms with Crippen molar-refractivity contribution >= 4 is 22.5 Å². The number of halogens is 1. The van der Waals surface area contributed by atoms with Crippen LogP contribution in [0.2, 0.25) is 5.15 Å². The van der Waals surface area contributed by atoms with Crippen molar-refractivity contribution in [3.05, 3.63) is 112 Å². The third-order valence-electron chi connectivity index (χ3n) is 6.40. The molecule has 0 aliphatic carbocycles. The Bertz CT molecular complexity index is 1210. The van der Waals surface area contributed by atoms with Gasteiger partial charge in [-0.25, -0.2) is 4.98 Å². The van der Waals surface area contributed by atoms with E-state index < -0.39 is 5.60 Å². The van der Waals surface area contributed by atoms with Crippen molar-refractivity contribution in [2.75, 3.05) is 20.6 Å². The van der Waals surface area contributed by atoms with Crippen molar-refractivity contribution in [1.29, 1.82) is 0 Å². The third-order valence-corrected chi connectivity index (χ3v) is 6.73. The molecule has 0 spiro atoms. The first-order valence-electron chi connectivity index (χ1n) is 11.5. The summed E-state index contributed by atoms with van der Waals surface area (Å²) >= 11 is 6.37. The van der Waals surface area contributed by atoms with Crippen LogP contribution in [0.15, 0.2) is 84.9 Å². The van der Waals surface area contributed by atoms with Crippen molar-refractivity contribution < 1.29 is 5.11 Å². The van der Waals surface area contributed by atoms with Gasteiger partial charge in [-0.1, -0.05) is 85.3 Å². The number of aromatic nitrogens is 1. The molecular formula is C29H31ClN2O. The monoisotopic (exact) mass is 458 g/mol. The molecule has 33 heavy (non-hydrogen) atoms. The summed E-state index contributed by atoms with van der Waals surface area (Å²) in [5.41, 5.74) is 3.87. The van der Waals surface area contributed by atoms with Crippen LogP contribution in [0.3, 0.4) is 0 Å². The summed E-state index contributed by atoms with van der Waals surface area (Å²) in [6, 6.07) is 28.7. The summed E-state index contributed by atoms with van der Waals surface area (Å²) in [7, 11) is 4.08. The highest BCUT2D eigenvalue weighted by atomic mass is 35.5. The van der Waals surface area contributed by atoms with Gasteiger partial charge >= 0.3 is 0 Å². The number of hydrogen-bond acceptors (Lipinski definition) is 3. The van der Waals surface area contributed by atoms with Crippen LogP contribution in [0.5, 0.6) is 0 Å². The lowest BCUT2D eigenvalue weighted by Crippen LogP contribution is -2.37. The molecule has 0 aliphatic heterocycles. The molecule has 0 bridgehead atoms. The highest BCUT2D eigenvalue weighted by Crippen LogP contribution is 2.45. The van der Waals surface area contributed by atoms with Gasteiger partial charge in [0.25, 0.3) is 0 Å². The Kier molecular flexibility index (Phi) is 7.14. The quantitative estimate of drug-likeness (QED) is 0.309. The van der Waals surface area contributed by atoms with Crippen LogP contribution in [0.1, 0.15) is 41.5 Å². The van der Waals surface area contributed by atoms with E-state index in [1.54, 1.807) is 0 Å². The zero-order chi connectivity index (χ0) is 23.4. The standard InChI is InChI=1S/C29H31ClN2O/c1-4-21-19-24-20-23(15-16-26(24)31-28(21)30)27(22-11-7-5-8-12-22)29(33,17-18-32(2)3)25-13-9-6-10-14-25/h5-16,19-20,27,33H,4,17-18H2,1-3H3/t27-,29-/m0/s1. The highest BCUT2D eigenvalue weighted by molar-refractivity contribution is 6.30. The van der Waals surface area contributed by atoms with Gasteiger partial charge in [0.05, 0.1) is 5.52 Å². The van der Waals surface area contributed by atoms with Crippen molar-refractivity contribution in [2.45, 2.75) is 31.3 Å². The van der Waals surface area contributed by atoms with Crippen molar-refractivity contribution in [3.63, 3.8) is 0 Å². The van der Waals surface area contributed by atoms with Gasteiger partial charge < -0.3 is 10.0 Å². The smallest absolute Gasteiger partial charge is 0.132 e. The van der Waals surface area contributed by atoms with Crippen molar-refractivity contribution in [3.8, 4) is 0 Å². The van der Waals surface area contributed by atoms with Crippen LogP contribution in [-0.2, 0) is 12.0 Å². The van der Waals surface area contributed by atoms with Crippen LogP contribution in [0, 0.1) is 0 Å². The lowest BCUT2D eigenvalue weighted by Gasteiger charge is -2.38. The van der Waals surface area contributed by atoms with Gasteiger partial charge in [-0.15, -0.1) is 0 Å². The van der Waals surface area contributed by atoms with E-state index in [4.69, 9.17) is 11.6 Å². The van der Waals surface area contributed by atoms with Gasteiger partial charge in [0, 0.05) is 17.8 Å². The molecule has 0 saturated heterocycles. The minimum Gasteiger partial charge on any atom is -0.384 e. The SMILES string of the molecule is CCc1cc2cc([C@H](c3ccccc3)[C@](O)(CCN(C)C)c3ccccc3)ccc2nc1Cl. The summed E-state index contributed by atoms with van der Waals surface area (Å²) in [6.45, 7) is 2.85. The minimum absolute atomic E-state index is 0.244. The fraction of sp³-hybridized carbons (Fsp3) is 0.276. The number of nitrogens with zero attached hydrogens (tertiary/aromatic N) is 2. The minimum atomic E-state index is -1.09. The van der Waals surface area contributed by atoms with E-state index in [2.05, 4.69) is 47.1 Å². The van der Waals surface area contributed by atoms with E-state index in [-0.39, 0.29) is 5.92 Å². The summed E-state index contributed by atoms with van der Waals surface area (Å²) < 4.78 is 0. The van der Waals surface area contributed by atoms with E-state index in [0.29, 0.717) is 11.6 Å². The Hall–Kier alpha value is -2.72. The molecule has 3 aromatic carbocycles. The first-order valence-corrected chi connectivity index (χ1v) is 11.9. The van der Waals surface area contributed by atoms with E-state index in [1.165, 1.54) is 0 Å². The van der Waals surface area contributed by atoms with Gasteiger partial charge in [-0.05, 0) is 67.4 Å². The first-order chi connectivity index (χ1) is 15.9. The van der Waals surface area contributed by atoms with E-state index in [0.717, 1.165) is 46.1 Å². The molecule has 0 amide bonds. The average Bonchev–Trinajstić information content (AvgIpc) is 2.84. The average molecular weight is 459 g/mol.